The molecule has 0 spiro atoms. The number of nitrogens with zero attached hydrogens (tertiary/aromatic N) is 2. The normalized spacial score (nSPS) is 10.7. The average molecular weight is 322 g/mol. The van der Waals surface area contributed by atoms with E-state index in [9.17, 15) is 4.39 Å². The molecular weight excluding hydrogens is 303 g/mol. The molecule has 0 amide bonds. The van der Waals surface area contributed by atoms with E-state index in [1.165, 1.54) is 24.0 Å². The second kappa shape index (κ2) is 7.08. The van der Waals surface area contributed by atoms with Gasteiger partial charge >= 0.3 is 0 Å². The molecule has 0 atom stereocenters. The van der Waals surface area contributed by atoms with Crippen molar-refractivity contribution < 1.29 is 4.39 Å². The lowest BCUT2D eigenvalue weighted by Crippen LogP contribution is -1.99. The summed E-state index contributed by atoms with van der Waals surface area (Å²) < 4.78 is 13.2. The van der Waals surface area contributed by atoms with Crippen molar-refractivity contribution >= 4 is 23.0 Å². The average Bonchev–Trinajstić information content (AvgIpc) is 2.56. The molecule has 0 saturated heterocycles. The fourth-order valence-corrected chi connectivity index (χ4v) is 2.31. The number of hydrogen-bond acceptors (Lipinski definition) is 4. The fraction of sp³-hybridized carbons (Fsp3) is 0.158. The molecule has 0 aliphatic rings. The lowest BCUT2D eigenvalue weighted by Gasteiger charge is -2.10. The van der Waals surface area contributed by atoms with Crippen molar-refractivity contribution in [3.05, 3.63) is 72.3 Å². The summed E-state index contributed by atoms with van der Waals surface area (Å²) in [6, 6.07) is 16.3. The number of anilines is 4. The topological polar surface area (TPSA) is 49.8 Å². The molecule has 3 rings (SSSR count). The van der Waals surface area contributed by atoms with Gasteiger partial charge in [0.05, 0.1) is 0 Å². The molecule has 2 N–H and O–H groups in total. The smallest absolute Gasteiger partial charge is 0.135 e. The quantitative estimate of drug-likeness (QED) is 0.675. The van der Waals surface area contributed by atoms with Crippen molar-refractivity contribution in [3.8, 4) is 0 Å². The van der Waals surface area contributed by atoms with E-state index in [1.807, 2.05) is 12.1 Å². The highest BCUT2D eigenvalue weighted by Gasteiger charge is 2.03. The number of nitrogens with one attached hydrogen (secondary N) is 2. The Morgan fingerprint density at radius 1 is 0.833 bits per heavy atom. The minimum atomic E-state index is -0.294. The van der Waals surface area contributed by atoms with Crippen LogP contribution in [0, 0.1) is 5.82 Å². The van der Waals surface area contributed by atoms with Crippen LogP contribution in [0.3, 0.4) is 0 Å². The van der Waals surface area contributed by atoms with E-state index in [0.29, 0.717) is 23.2 Å². The molecule has 0 aliphatic heterocycles. The van der Waals surface area contributed by atoms with Crippen LogP contribution in [-0.2, 0) is 0 Å². The first kappa shape index (κ1) is 15.9. The van der Waals surface area contributed by atoms with Crippen molar-refractivity contribution in [3.63, 3.8) is 0 Å². The van der Waals surface area contributed by atoms with Gasteiger partial charge < -0.3 is 10.6 Å². The fourth-order valence-electron chi connectivity index (χ4n) is 2.31. The Labute approximate surface area is 140 Å². The maximum Gasteiger partial charge on any atom is 0.135 e. The van der Waals surface area contributed by atoms with E-state index in [-0.39, 0.29) is 5.82 Å². The monoisotopic (exact) mass is 322 g/mol. The first-order chi connectivity index (χ1) is 11.6. The van der Waals surface area contributed by atoms with Gasteiger partial charge in [0, 0.05) is 17.4 Å². The van der Waals surface area contributed by atoms with Crippen LogP contribution in [0.2, 0.25) is 0 Å². The van der Waals surface area contributed by atoms with Crippen molar-refractivity contribution in [1.29, 1.82) is 0 Å². The standard InChI is InChI=1S/C19H19FN4/c1-13(2)14-6-8-16(9-7-14)23-18-11-19(22-12-21-18)24-17-5-3-4-15(20)10-17/h3-13H,1-2H3,(H2,21,22,23,24). The highest BCUT2D eigenvalue weighted by Crippen LogP contribution is 2.21. The van der Waals surface area contributed by atoms with Crippen LogP contribution in [-0.4, -0.2) is 9.97 Å². The third kappa shape index (κ3) is 4.07. The largest absolute Gasteiger partial charge is 0.340 e. The van der Waals surface area contributed by atoms with Gasteiger partial charge in [0.25, 0.3) is 0 Å². The molecule has 0 bridgehead atoms. The zero-order chi connectivity index (χ0) is 16.9. The molecule has 0 aliphatic carbocycles. The van der Waals surface area contributed by atoms with E-state index in [1.54, 1.807) is 18.2 Å². The first-order valence-corrected chi connectivity index (χ1v) is 7.82. The lowest BCUT2D eigenvalue weighted by atomic mass is 10.0. The molecule has 24 heavy (non-hydrogen) atoms. The molecule has 0 fully saturated rings. The molecule has 1 heterocycles. The van der Waals surface area contributed by atoms with Crippen LogP contribution >= 0.6 is 0 Å². The predicted octanol–water partition coefficient (Wildman–Crippen LogP) is 5.23. The van der Waals surface area contributed by atoms with Gasteiger partial charge in [-0.2, -0.15) is 0 Å². The van der Waals surface area contributed by atoms with Crippen LogP contribution in [0.4, 0.5) is 27.4 Å². The van der Waals surface area contributed by atoms with E-state index in [0.717, 1.165) is 5.69 Å². The van der Waals surface area contributed by atoms with Crippen molar-refractivity contribution in [2.24, 2.45) is 0 Å². The van der Waals surface area contributed by atoms with Gasteiger partial charge in [0.15, 0.2) is 0 Å². The van der Waals surface area contributed by atoms with E-state index in [2.05, 4.69) is 46.6 Å². The number of aromatic nitrogens is 2. The molecule has 0 unspecified atom stereocenters. The molecule has 122 valence electrons. The molecular formula is C19H19FN4. The summed E-state index contributed by atoms with van der Waals surface area (Å²) >= 11 is 0. The van der Waals surface area contributed by atoms with E-state index in [4.69, 9.17) is 0 Å². The van der Waals surface area contributed by atoms with Crippen molar-refractivity contribution in [2.45, 2.75) is 19.8 Å². The minimum absolute atomic E-state index is 0.294. The molecule has 0 radical (unpaired) electrons. The molecule has 4 nitrogen and oxygen atoms in total. The predicted molar refractivity (Wildman–Crippen MR) is 95.5 cm³/mol. The number of rotatable bonds is 5. The van der Waals surface area contributed by atoms with Crippen molar-refractivity contribution in [2.75, 3.05) is 10.6 Å². The summed E-state index contributed by atoms with van der Waals surface area (Å²) in [5.41, 5.74) is 2.88. The lowest BCUT2D eigenvalue weighted by molar-refractivity contribution is 0.628. The summed E-state index contributed by atoms with van der Waals surface area (Å²) in [7, 11) is 0. The number of hydrogen-bond donors (Lipinski definition) is 2. The second-order valence-corrected chi connectivity index (χ2v) is 5.83. The molecule has 1 aromatic heterocycles. The van der Waals surface area contributed by atoms with Crippen LogP contribution in [0.25, 0.3) is 0 Å². The Hall–Kier alpha value is -2.95. The van der Waals surface area contributed by atoms with Gasteiger partial charge in [-0.1, -0.05) is 32.0 Å². The van der Waals surface area contributed by atoms with Gasteiger partial charge in [-0.25, -0.2) is 14.4 Å². The third-order valence-corrected chi connectivity index (χ3v) is 3.61. The second-order valence-electron chi connectivity index (χ2n) is 5.83. The summed E-state index contributed by atoms with van der Waals surface area (Å²) in [4.78, 5) is 8.37. The van der Waals surface area contributed by atoms with Gasteiger partial charge in [0.1, 0.15) is 23.8 Å². The zero-order valence-corrected chi connectivity index (χ0v) is 13.6. The van der Waals surface area contributed by atoms with Gasteiger partial charge in [0.2, 0.25) is 0 Å². The first-order valence-electron chi connectivity index (χ1n) is 7.82. The van der Waals surface area contributed by atoms with E-state index >= 15 is 0 Å². The Bertz CT molecular complexity index is 816. The van der Waals surface area contributed by atoms with Crippen molar-refractivity contribution in [1.82, 2.24) is 9.97 Å². The summed E-state index contributed by atoms with van der Waals surface area (Å²) in [5.74, 6) is 1.47. The summed E-state index contributed by atoms with van der Waals surface area (Å²) in [6.07, 6.45) is 1.46. The Morgan fingerprint density at radius 2 is 1.50 bits per heavy atom. The van der Waals surface area contributed by atoms with Gasteiger partial charge in [-0.3, -0.25) is 0 Å². The Morgan fingerprint density at radius 3 is 2.12 bits per heavy atom. The van der Waals surface area contributed by atoms with Gasteiger partial charge in [-0.05, 0) is 41.8 Å². The molecule has 3 aromatic rings. The molecule has 0 saturated carbocycles. The highest BCUT2D eigenvalue weighted by atomic mass is 19.1. The summed E-state index contributed by atoms with van der Waals surface area (Å²) in [5, 5.41) is 6.31. The Kier molecular flexibility index (Phi) is 4.70. The van der Waals surface area contributed by atoms with E-state index < -0.39 is 0 Å². The third-order valence-electron chi connectivity index (χ3n) is 3.61. The number of halogens is 1. The maximum absolute atomic E-state index is 13.2. The zero-order valence-electron chi connectivity index (χ0n) is 13.6. The van der Waals surface area contributed by atoms with Crippen LogP contribution in [0.1, 0.15) is 25.3 Å². The summed E-state index contributed by atoms with van der Waals surface area (Å²) in [6.45, 7) is 4.33. The minimum Gasteiger partial charge on any atom is -0.340 e. The SMILES string of the molecule is CC(C)c1ccc(Nc2cc(Nc3cccc(F)c3)ncn2)cc1. The molecule has 2 aromatic carbocycles. The number of benzene rings is 2. The highest BCUT2D eigenvalue weighted by molar-refractivity contribution is 5.62. The molecule has 5 heteroatoms. The van der Waals surface area contributed by atoms with Crippen LogP contribution in [0.5, 0.6) is 0 Å². The maximum atomic E-state index is 13.2. The van der Waals surface area contributed by atoms with Gasteiger partial charge in [-0.15, -0.1) is 0 Å². The van der Waals surface area contributed by atoms with Crippen LogP contribution < -0.4 is 10.6 Å². The van der Waals surface area contributed by atoms with Crippen LogP contribution in [0.15, 0.2) is 60.9 Å². The Balaban J connectivity index is 1.73.